The molecule has 0 aliphatic carbocycles. The molecule has 0 amide bonds. The van der Waals surface area contributed by atoms with E-state index >= 15 is 0 Å². The Morgan fingerprint density at radius 1 is 1.25 bits per heavy atom. The minimum Gasteiger partial charge on any atom is -0.381 e. The van der Waals surface area contributed by atoms with Gasteiger partial charge in [-0.25, -0.2) is 0 Å². The highest BCUT2D eigenvalue weighted by molar-refractivity contribution is 4.76. The second-order valence-electron chi connectivity index (χ2n) is 5.58. The molecule has 3 heteroatoms. The molecule has 1 atom stereocenters. The molecular weight excluding hydrogens is 200 g/mol. The van der Waals surface area contributed by atoms with E-state index in [0.29, 0.717) is 12.0 Å². The molecule has 1 aliphatic heterocycles. The third kappa shape index (κ3) is 5.28. The van der Waals surface area contributed by atoms with Crippen molar-refractivity contribution in [2.75, 3.05) is 40.4 Å². The number of rotatable bonds is 6. The molecule has 3 nitrogen and oxygen atoms in total. The molecule has 0 aromatic heterocycles. The van der Waals surface area contributed by atoms with Crippen LogP contribution in [0.2, 0.25) is 0 Å². The highest BCUT2D eigenvalue weighted by Crippen LogP contribution is 2.14. The molecule has 0 radical (unpaired) electrons. The first kappa shape index (κ1) is 13.9. The van der Waals surface area contributed by atoms with Gasteiger partial charge in [-0.05, 0) is 45.3 Å². The molecule has 16 heavy (non-hydrogen) atoms. The van der Waals surface area contributed by atoms with Crippen LogP contribution in [0.5, 0.6) is 0 Å². The second kappa shape index (κ2) is 7.25. The summed E-state index contributed by atoms with van der Waals surface area (Å²) in [4.78, 5) is 2.27. The lowest BCUT2D eigenvalue weighted by Crippen LogP contribution is -2.44. The van der Waals surface area contributed by atoms with Crippen molar-refractivity contribution < 1.29 is 4.74 Å². The molecule has 1 rings (SSSR count). The predicted molar refractivity (Wildman–Crippen MR) is 68.7 cm³/mol. The second-order valence-corrected chi connectivity index (χ2v) is 5.58. The van der Waals surface area contributed by atoms with Gasteiger partial charge in [-0.2, -0.15) is 0 Å². The van der Waals surface area contributed by atoms with Gasteiger partial charge in [0.05, 0.1) is 0 Å². The summed E-state index contributed by atoms with van der Waals surface area (Å²) in [6, 6.07) is 0.609. The average Bonchev–Trinajstić information content (AvgIpc) is 2.25. The smallest absolute Gasteiger partial charge is 0.0469 e. The number of hydrogen-bond acceptors (Lipinski definition) is 3. The van der Waals surface area contributed by atoms with E-state index in [1.54, 1.807) is 0 Å². The van der Waals surface area contributed by atoms with E-state index < -0.39 is 0 Å². The van der Waals surface area contributed by atoms with Crippen molar-refractivity contribution in [1.29, 1.82) is 0 Å². The third-order valence-electron chi connectivity index (χ3n) is 3.38. The number of likely N-dealkylation sites (N-methyl/N-ethyl adjacent to an activating group) is 1. The highest BCUT2D eigenvalue weighted by atomic mass is 16.5. The monoisotopic (exact) mass is 228 g/mol. The number of hydrogen-bond donors (Lipinski definition) is 1. The lowest BCUT2D eigenvalue weighted by molar-refractivity contribution is 0.0644. The summed E-state index contributed by atoms with van der Waals surface area (Å²) < 4.78 is 5.38. The van der Waals surface area contributed by atoms with Crippen LogP contribution in [0.25, 0.3) is 0 Å². The van der Waals surface area contributed by atoms with Crippen LogP contribution >= 0.6 is 0 Å². The quantitative estimate of drug-likeness (QED) is 0.747. The van der Waals surface area contributed by atoms with Crippen molar-refractivity contribution in [1.82, 2.24) is 10.2 Å². The molecule has 0 spiro atoms. The first-order valence-corrected chi connectivity index (χ1v) is 6.55. The summed E-state index contributed by atoms with van der Waals surface area (Å²) in [6.45, 7) is 8.77. The predicted octanol–water partition coefficient (Wildman–Crippen LogP) is 1.59. The van der Waals surface area contributed by atoms with E-state index in [0.717, 1.165) is 32.2 Å². The first-order chi connectivity index (χ1) is 7.59. The largest absolute Gasteiger partial charge is 0.381 e. The van der Waals surface area contributed by atoms with Gasteiger partial charge in [0.1, 0.15) is 0 Å². The third-order valence-corrected chi connectivity index (χ3v) is 3.38. The maximum absolute atomic E-state index is 5.38. The molecule has 1 saturated heterocycles. The van der Waals surface area contributed by atoms with E-state index in [1.165, 1.54) is 12.8 Å². The lowest BCUT2D eigenvalue weighted by Gasteiger charge is -2.29. The van der Waals surface area contributed by atoms with Gasteiger partial charge in [0.2, 0.25) is 0 Å². The van der Waals surface area contributed by atoms with Gasteiger partial charge in [0.25, 0.3) is 0 Å². The van der Waals surface area contributed by atoms with Gasteiger partial charge in [0, 0.05) is 25.8 Å². The number of ether oxygens (including phenoxy) is 1. The van der Waals surface area contributed by atoms with Gasteiger partial charge in [-0.15, -0.1) is 0 Å². The van der Waals surface area contributed by atoms with Gasteiger partial charge in [-0.1, -0.05) is 13.8 Å². The summed E-state index contributed by atoms with van der Waals surface area (Å²) >= 11 is 0. The van der Waals surface area contributed by atoms with E-state index in [2.05, 4.69) is 38.2 Å². The normalized spacial score (nSPS) is 20.6. The van der Waals surface area contributed by atoms with Crippen LogP contribution < -0.4 is 5.32 Å². The minimum atomic E-state index is 0.609. The first-order valence-electron chi connectivity index (χ1n) is 6.55. The fourth-order valence-electron chi connectivity index (χ4n) is 2.17. The van der Waals surface area contributed by atoms with Crippen molar-refractivity contribution in [2.45, 2.75) is 32.7 Å². The minimum absolute atomic E-state index is 0.609. The Hall–Kier alpha value is -0.120. The van der Waals surface area contributed by atoms with Crippen molar-refractivity contribution in [3.63, 3.8) is 0 Å². The molecule has 1 heterocycles. The molecule has 1 unspecified atom stereocenters. The molecule has 1 fully saturated rings. The van der Waals surface area contributed by atoms with Gasteiger partial charge < -0.3 is 15.0 Å². The van der Waals surface area contributed by atoms with Crippen LogP contribution in [0.1, 0.15) is 26.7 Å². The summed E-state index contributed by atoms with van der Waals surface area (Å²) in [7, 11) is 4.29. The number of nitrogens with zero attached hydrogens (tertiary/aromatic N) is 1. The molecule has 0 saturated carbocycles. The molecule has 96 valence electrons. The van der Waals surface area contributed by atoms with E-state index in [-0.39, 0.29) is 0 Å². The fourth-order valence-corrected chi connectivity index (χ4v) is 2.17. The fraction of sp³-hybridized carbons (Fsp3) is 1.00. The van der Waals surface area contributed by atoms with Gasteiger partial charge in [-0.3, -0.25) is 0 Å². The maximum Gasteiger partial charge on any atom is 0.0469 e. The molecular formula is C13H28N2O. The van der Waals surface area contributed by atoms with Gasteiger partial charge >= 0.3 is 0 Å². The zero-order valence-corrected chi connectivity index (χ0v) is 11.3. The molecule has 1 N–H and O–H groups in total. The van der Waals surface area contributed by atoms with Crippen LogP contribution in [-0.2, 0) is 4.74 Å². The SMILES string of the molecule is CC(C)C(CN(C)C)NCC1CCOCC1. The van der Waals surface area contributed by atoms with Crippen molar-refractivity contribution in [2.24, 2.45) is 11.8 Å². The topological polar surface area (TPSA) is 24.5 Å². The molecule has 0 aromatic rings. The Kier molecular flexibility index (Phi) is 6.32. The molecule has 0 bridgehead atoms. The maximum atomic E-state index is 5.38. The van der Waals surface area contributed by atoms with E-state index in [1.807, 2.05) is 0 Å². The van der Waals surface area contributed by atoms with Crippen molar-refractivity contribution in [3.8, 4) is 0 Å². The standard InChI is InChI=1S/C13H28N2O/c1-11(2)13(10-15(3)4)14-9-12-5-7-16-8-6-12/h11-14H,5-10H2,1-4H3. The summed E-state index contributed by atoms with van der Waals surface area (Å²) in [6.07, 6.45) is 2.44. The van der Waals surface area contributed by atoms with Crippen LogP contribution in [0, 0.1) is 11.8 Å². The van der Waals surface area contributed by atoms with E-state index in [4.69, 9.17) is 4.74 Å². The summed E-state index contributed by atoms with van der Waals surface area (Å²) in [5.41, 5.74) is 0. The Bertz CT molecular complexity index is 177. The molecule has 1 aliphatic rings. The lowest BCUT2D eigenvalue weighted by atomic mass is 9.98. The van der Waals surface area contributed by atoms with E-state index in [9.17, 15) is 0 Å². The zero-order chi connectivity index (χ0) is 12.0. The zero-order valence-electron chi connectivity index (χ0n) is 11.3. The average molecular weight is 228 g/mol. The Morgan fingerprint density at radius 3 is 2.38 bits per heavy atom. The number of nitrogens with one attached hydrogen (secondary N) is 1. The van der Waals surface area contributed by atoms with Crippen LogP contribution in [0.4, 0.5) is 0 Å². The van der Waals surface area contributed by atoms with Crippen molar-refractivity contribution in [3.05, 3.63) is 0 Å². The van der Waals surface area contributed by atoms with Crippen LogP contribution in [0.3, 0.4) is 0 Å². The van der Waals surface area contributed by atoms with Gasteiger partial charge in [0.15, 0.2) is 0 Å². The van der Waals surface area contributed by atoms with Crippen LogP contribution in [-0.4, -0.2) is 51.3 Å². The Morgan fingerprint density at radius 2 is 1.88 bits per heavy atom. The summed E-state index contributed by atoms with van der Waals surface area (Å²) in [5.74, 6) is 1.51. The molecule has 0 aromatic carbocycles. The Balaban J connectivity index is 2.25. The van der Waals surface area contributed by atoms with Crippen molar-refractivity contribution >= 4 is 0 Å². The highest BCUT2D eigenvalue weighted by Gasteiger charge is 2.18. The Labute approximate surface area is 101 Å². The van der Waals surface area contributed by atoms with Crippen LogP contribution in [0.15, 0.2) is 0 Å². The summed E-state index contributed by atoms with van der Waals surface area (Å²) in [5, 5.41) is 3.72.